The molecular weight excluding hydrogens is 184 g/mol. The number of amides is 2. The molecule has 0 bridgehead atoms. The molecule has 0 aromatic heterocycles. The molecule has 1 atom stereocenters. The van der Waals surface area contributed by atoms with Crippen LogP contribution in [0.15, 0.2) is 0 Å². The Morgan fingerprint density at radius 2 is 2.00 bits per heavy atom. The molecule has 0 fully saturated rings. The van der Waals surface area contributed by atoms with Crippen molar-refractivity contribution < 1.29 is 14.7 Å². The number of urea groups is 1. The molecule has 5 nitrogen and oxygen atoms in total. The van der Waals surface area contributed by atoms with E-state index in [1.54, 1.807) is 7.05 Å². The van der Waals surface area contributed by atoms with Crippen LogP contribution in [0.5, 0.6) is 0 Å². The third-order valence-electron chi connectivity index (χ3n) is 2.00. The molecule has 5 heteroatoms. The first-order chi connectivity index (χ1) is 6.56. The maximum Gasteiger partial charge on any atom is 0.314 e. The molecule has 0 radical (unpaired) electrons. The van der Waals surface area contributed by atoms with Crippen LogP contribution in [0.3, 0.4) is 0 Å². The topological polar surface area (TPSA) is 78.4 Å². The van der Waals surface area contributed by atoms with Gasteiger partial charge in [0.25, 0.3) is 0 Å². The van der Waals surface area contributed by atoms with E-state index in [1.807, 2.05) is 6.92 Å². The average Bonchev–Trinajstić information content (AvgIpc) is 2.14. The van der Waals surface area contributed by atoms with Gasteiger partial charge in [-0.05, 0) is 18.8 Å². The van der Waals surface area contributed by atoms with Crippen LogP contribution in [0.1, 0.15) is 26.2 Å². The summed E-state index contributed by atoms with van der Waals surface area (Å²) in [5.74, 6) is -0.445. The summed E-state index contributed by atoms with van der Waals surface area (Å²) in [4.78, 5) is 21.0. The first-order valence-electron chi connectivity index (χ1n) is 4.73. The van der Waals surface area contributed by atoms with Gasteiger partial charge in [0.1, 0.15) is 0 Å². The largest absolute Gasteiger partial charge is 0.481 e. The van der Waals surface area contributed by atoms with Gasteiger partial charge in [0.2, 0.25) is 0 Å². The fourth-order valence-electron chi connectivity index (χ4n) is 1.03. The van der Waals surface area contributed by atoms with E-state index in [2.05, 4.69) is 10.6 Å². The first kappa shape index (κ1) is 12.7. The SMILES string of the molecule is CNC(=O)NCCC(C)CCC(=O)O. The van der Waals surface area contributed by atoms with Gasteiger partial charge in [-0.15, -0.1) is 0 Å². The quantitative estimate of drug-likeness (QED) is 0.596. The summed E-state index contributed by atoms with van der Waals surface area (Å²) < 4.78 is 0. The molecule has 0 aromatic rings. The molecule has 0 aromatic carbocycles. The number of rotatable bonds is 6. The average molecular weight is 202 g/mol. The number of nitrogens with one attached hydrogen (secondary N) is 2. The number of carbonyl (C=O) groups excluding carboxylic acids is 1. The number of hydrogen-bond donors (Lipinski definition) is 3. The molecule has 14 heavy (non-hydrogen) atoms. The lowest BCUT2D eigenvalue weighted by atomic mass is 10.0. The Balaban J connectivity index is 3.39. The number of carbonyl (C=O) groups is 2. The predicted molar refractivity (Wildman–Crippen MR) is 53.1 cm³/mol. The van der Waals surface area contributed by atoms with Gasteiger partial charge in [0, 0.05) is 20.0 Å². The summed E-state index contributed by atoms with van der Waals surface area (Å²) in [6.45, 7) is 2.56. The van der Waals surface area contributed by atoms with Crippen molar-refractivity contribution in [3.63, 3.8) is 0 Å². The van der Waals surface area contributed by atoms with Crippen LogP contribution in [0.4, 0.5) is 4.79 Å². The molecule has 1 unspecified atom stereocenters. The van der Waals surface area contributed by atoms with E-state index in [0.29, 0.717) is 18.9 Å². The molecule has 0 aliphatic carbocycles. The second-order valence-electron chi connectivity index (χ2n) is 3.33. The molecule has 0 saturated heterocycles. The standard InChI is InChI=1S/C9H18N2O3/c1-7(3-4-8(12)13)5-6-11-9(14)10-2/h7H,3-6H2,1-2H3,(H,12,13)(H2,10,11,14). The van der Waals surface area contributed by atoms with E-state index in [-0.39, 0.29) is 12.5 Å². The van der Waals surface area contributed by atoms with Crippen LogP contribution in [0, 0.1) is 5.92 Å². The number of aliphatic carboxylic acids is 1. The molecule has 0 aliphatic heterocycles. The zero-order valence-corrected chi connectivity index (χ0v) is 8.67. The van der Waals surface area contributed by atoms with Crippen molar-refractivity contribution in [2.75, 3.05) is 13.6 Å². The highest BCUT2D eigenvalue weighted by atomic mass is 16.4. The molecule has 0 saturated carbocycles. The Bertz CT molecular complexity index is 194. The number of carboxylic acids is 1. The Kier molecular flexibility index (Phi) is 6.53. The second-order valence-corrected chi connectivity index (χ2v) is 3.33. The third kappa shape index (κ3) is 7.39. The minimum absolute atomic E-state index is 0.196. The maximum atomic E-state index is 10.7. The molecule has 0 spiro atoms. The molecule has 2 amide bonds. The van der Waals surface area contributed by atoms with E-state index >= 15 is 0 Å². The molecule has 0 heterocycles. The van der Waals surface area contributed by atoms with E-state index < -0.39 is 5.97 Å². The Morgan fingerprint density at radius 3 is 2.50 bits per heavy atom. The van der Waals surface area contributed by atoms with Crippen molar-refractivity contribution in [1.29, 1.82) is 0 Å². The van der Waals surface area contributed by atoms with E-state index in [4.69, 9.17) is 5.11 Å². The van der Waals surface area contributed by atoms with Gasteiger partial charge in [-0.2, -0.15) is 0 Å². The predicted octanol–water partition coefficient (Wildman–Crippen LogP) is 0.806. The zero-order valence-electron chi connectivity index (χ0n) is 8.67. The van der Waals surface area contributed by atoms with Gasteiger partial charge >= 0.3 is 12.0 Å². The fourth-order valence-corrected chi connectivity index (χ4v) is 1.03. The lowest BCUT2D eigenvalue weighted by molar-refractivity contribution is -0.137. The van der Waals surface area contributed by atoms with Gasteiger partial charge in [-0.3, -0.25) is 4.79 Å². The van der Waals surface area contributed by atoms with E-state index in [9.17, 15) is 9.59 Å². The molecule has 82 valence electrons. The summed E-state index contributed by atoms with van der Waals surface area (Å²) in [5, 5.41) is 13.5. The van der Waals surface area contributed by atoms with E-state index in [1.165, 1.54) is 0 Å². The minimum Gasteiger partial charge on any atom is -0.481 e. The van der Waals surface area contributed by atoms with Crippen LogP contribution in [-0.4, -0.2) is 30.7 Å². The smallest absolute Gasteiger partial charge is 0.314 e. The van der Waals surface area contributed by atoms with Crippen LogP contribution < -0.4 is 10.6 Å². The summed E-state index contributed by atoms with van der Waals surface area (Å²) in [6.07, 6.45) is 1.66. The van der Waals surface area contributed by atoms with Gasteiger partial charge in [-0.1, -0.05) is 6.92 Å². The van der Waals surface area contributed by atoms with Crippen molar-refractivity contribution in [3.05, 3.63) is 0 Å². The molecular formula is C9H18N2O3. The second kappa shape index (κ2) is 7.17. The number of hydrogen-bond acceptors (Lipinski definition) is 2. The Labute approximate surface area is 83.9 Å². The monoisotopic (exact) mass is 202 g/mol. The Hall–Kier alpha value is -1.26. The van der Waals surface area contributed by atoms with Crippen molar-refractivity contribution in [3.8, 4) is 0 Å². The van der Waals surface area contributed by atoms with Crippen LogP contribution in [0.2, 0.25) is 0 Å². The summed E-state index contributed by atoms with van der Waals surface area (Å²) in [7, 11) is 1.56. The maximum absolute atomic E-state index is 10.7. The summed E-state index contributed by atoms with van der Waals surface area (Å²) in [5.41, 5.74) is 0. The van der Waals surface area contributed by atoms with Crippen LogP contribution in [0.25, 0.3) is 0 Å². The van der Waals surface area contributed by atoms with Gasteiger partial charge < -0.3 is 15.7 Å². The van der Waals surface area contributed by atoms with Crippen molar-refractivity contribution >= 4 is 12.0 Å². The lowest BCUT2D eigenvalue weighted by Crippen LogP contribution is -2.33. The minimum atomic E-state index is -0.767. The molecule has 0 rings (SSSR count). The van der Waals surface area contributed by atoms with Crippen molar-refractivity contribution in [2.24, 2.45) is 5.92 Å². The van der Waals surface area contributed by atoms with Crippen molar-refractivity contribution in [2.45, 2.75) is 26.2 Å². The highest BCUT2D eigenvalue weighted by Crippen LogP contribution is 2.08. The highest BCUT2D eigenvalue weighted by Gasteiger charge is 2.05. The summed E-state index contributed by atoms with van der Waals surface area (Å²) in [6, 6.07) is -0.199. The van der Waals surface area contributed by atoms with Crippen molar-refractivity contribution in [1.82, 2.24) is 10.6 Å². The van der Waals surface area contributed by atoms with Gasteiger partial charge in [0.05, 0.1) is 0 Å². The highest BCUT2D eigenvalue weighted by molar-refractivity contribution is 5.73. The van der Waals surface area contributed by atoms with Crippen LogP contribution in [-0.2, 0) is 4.79 Å². The normalized spacial score (nSPS) is 11.9. The molecule has 3 N–H and O–H groups in total. The molecule has 0 aliphatic rings. The van der Waals surface area contributed by atoms with Gasteiger partial charge in [0.15, 0.2) is 0 Å². The third-order valence-corrected chi connectivity index (χ3v) is 2.00. The fraction of sp³-hybridized carbons (Fsp3) is 0.778. The van der Waals surface area contributed by atoms with Gasteiger partial charge in [-0.25, -0.2) is 4.79 Å². The van der Waals surface area contributed by atoms with E-state index in [0.717, 1.165) is 6.42 Å². The number of carboxylic acid groups (broad SMARTS) is 1. The van der Waals surface area contributed by atoms with Crippen LogP contribution >= 0.6 is 0 Å². The summed E-state index contributed by atoms with van der Waals surface area (Å²) >= 11 is 0. The first-order valence-corrected chi connectivity index (χ1v) is 4.73. The zero-order chi connectivity index (χ0) is 11.0. The Morgan fingerprint density at radius 1 is 1.36 bits per heavy atom. The lowest BCUT2D eigenvalue weighted by Gasteiger charge is -2.10.